The van der Waals surface area contributed by atoms with E-state index in [1.54, 1.807) is 12.1 Å². The van der Waals surface area contributed by atoms with Crippen LogP contribution in [0.2, 0.25) is 0 Å². The fourth-order valence-electron chi connectivity index (χ4n) is 2.65. The third-order valence-corrected chi connectivity index (χ3v) is 4.69. The van der Waals surface area contributed by atoms with E-state index >= 15 is 0 Å². The predicted molar refractivity (Wildman–Crippen MR) is 75.4 cm³/mol. The van der Waals surface area contributed by atoms with Crippen molar-refractivity contribution in [3.8, 4) is 5.75 Å². The van der Waals surface area contributed by atoms with Gasteiger partial charge >= 0.3 is 0 Å². The van der Waals surface area contributed by atoms with Crippen LogP contribution in [0.15, 0.2) is 23.1 Å². The first-order valence-corrected chi connectivity index (χ1v) is 8.48. The lowest BCUT2D eigenvalue weighted by atomic mass is 9.92. The first-order valence-electron chi connectivity index (χ1n) is 6.59. The fourth-order valence-corrected chi connectivity index (χ4v) is 3.53. The van der Waals surface area contributed by atoms with Crippen LogP contribution in [0.3, 0.4) is 0 Å². The number of ether oxygens (including phenoxy) is 1. The van der Waals surface area contributed by atoms with Crippen LogP contribution in [0.5, 0.6) is 5.75 Å². The van der Waals surface area contributed by atoms with Gasteiger partial charge in [-0.3, -0.25) is 0 Å². The number of sulfone groups is 1. The van der Waals surface area contributed by atoms with Crippen LogP contribution in [0.4, 0.5) is 0 Å². The lowest BCUT2D eigenvalue weighted by Crippen LogP contribution is -2.31. The molecule has 1 heterocycles. The average molecular weight is 283 g/mol. The SMILES string of the molecule is COc1c(CC2CCCNC2)cccc1S(C)(=O)=O. The zero-order chi connectivity index (χ0) is 13.9. The monoisotopic (exact) mass is 283 g/mol. The van der Waals surface area contributed by atoms with Crippen LogP contribution in [-0.4, -0.2) is 34.9 Å². The molecule has 106 valence electrons. The van der Waals surface area contributed by atoms with Gasteiger partial charge in [-0.2, -0.15) is 0 Å². The van der Waals surface area contributed by atoms with Crippen molar-refractivity contribution in [2.24, 2.45) is 5.92 Å². The van der Waals surface area contributed by atoms with Crippen LogP contribution in [-0.2, 0) is 16.3 Å². The summed E-state index contributed by atoms with van der Waals surface area (Å²) in [4.78, 5) is 0.288. The van der Waals surface area contributed by atoms with Gasteiger partial charge in [0.15, 0.2) is 9.84 Å². The van der Waals surface area contributed by atoms with Gasteiger partial charge in [0.25, 0.3) is 0 Å². The van der Waals surface area contributed by atoms with E-state index in [1.807, 2.05) is 6.07 Å². The molecule has 1 aromatic carbocycles. The van der Waals surface area contributed by atoms with E-state index < -0.39 is 9.84 Å². The summed E-state index contributed by atoms with van der Waals surface area (Å²) in [6.07, 6.45) is 4.44. The number of hydrogen-bond acceptors (Lipinski definition) is 4. The molecule has 1 aromatic rings. The molecule has 1 atom stereocenters. The minimum absolute atomic E-state index is 0.288. The molecule has 0 aliphatic carbocycles. The van der Waals surface area contributed by atoms with Crippen LogP contribution in [0, 0.1) is 5.92 Å². The van der Waals surface area contributed by atoms with Gasteiger partial charge in [-0.25, -0.2) is 8.42 Å². The van der Waals surface area contributed by atoms with E-state index in [0.29, 0.717) is 11.7 Å². The molecule has 2 rings (SSSR count). The number of hydrogen-bond donors (Lipinski definition) is 1. The smallest absolute Gasteiger partial charge is 0.179 e. The second-order valence-electron chi connectivity index (χ2n) is 5.14. The lowest BCUT2D eigenvalue weighted by molar-refractivity contribution is 0.360. The highest BCUT2D eigenvalue weighted by Gasteiger charge is 2.20. The van der Waals surface area contributed by atoms with Gasteiger partial charge in [0.2, 0.25) is 0 Å². The molecule has 0 bridgehead atoms. The molecule has 1 saturated heterocycles. The van der Waals surface area contributed by atoms with Crippen LogP contribution in [0.1, 0.15) is 18.4 Å². The molecular formula is C14H21NO3S. The topological polar surface area (TPSA) is 55.4 Å². The first kappa shape index (κ1) is 14.3. The van der Waals surface area contributed by atoms with Gasteiger partial charge in [0.05, 0.1) is 7.11 Å². The highest BCUT2D eigenvalue weighted by molar-refractivity contribution is 7.90. The number of benzene rings is 1. The Hall–Kier alpha value is -1.07. The quantitative estimate of drug-likeness (QED) is 0.912. The fraction of sp³-hybridized carbons (Fsp3) is 0.571. The molecule has 1 unspecified atom stereocenters. The third kappa shape index (κ3) is 3.48. The van der Waals surface area contributed by atoms with Crippen molar-refractivity contribution in [2.45, 2.75) is 24.2 Å². The molecule has 0 amide bonds. The third-order valence-electron chi connectivity index (χ3n) is 3.57. The zero-order valence-electron chi connectivity index (χ0n) is 11.5. The van der Waals surface area contributed by atoms with Crippen molar-refractivity contribution in [3.63, 3.8) is 0 Å². The Morgan fingerprint density at radius 1 is 1.42 bits per heavy atom. The normalized spacial score (nSPS) is 20.2. The molecule has 4 nitrogen and oxygen atoms in total. The Kier molecular flexibility index (Phi) is 4.47. The maximum Gasteiger partial charge on any atom is 0.179 e. The Morgan fingerprint density at radius 2 is 2.21 bits per heavy atom. The maximum absolute atomic E-state index is 11.8. The molecule has 5 heteroatoms. The second kappa shape index (κ2) is 5.92. The second-order valence-corrected chi connectivity index (χ2v) is 7.12. The number of nitrogens with one attached hydrogen (secondary N) is 1. The Balaban J connectivity index is 2.29. The molecule has 0 saturated carbocycles. The van der Waals surface area contributed by atoms with E-state index in [9.17, 15) is 8.42 Å². The minimum atomic E-state index is -3.25. The van der Waals surface area contributed by atoms with Gasteiger partial charge in [-0.05, 0) is 49.9 Å². The van der Waals surface area contributed by atoms with Crippen molar-refractivity contribution >= 4 is 9.84 Å². The Morgan fingerprint density at radius 3 is 2.79 bits per heavy atom. The predicted octanol–water partition coefficient (Wildman–Crippen LogP) is 1.64. The van der Waals surface area contributed by atoms with E-state index in [2.05, 4.69) is 5.32 Å². The molecule has 0 aromatic heterocycles. The van der Waals surface area contributed by atoms with Crippen molar-refractivity contribution in [3.05, 3.63) is 23.8 Å². The number of piperidine rings is 1. The van der Waals surface area contributed by atoms with Crippen molar-refractivity contribution in [2.75, 3.05) is 26.5 Å². The number of para-hydroxylation sites is 1. The summed E-state index contributed by atoms with van der Waals surface area (Å²) in [5.41, 5.74) is 0.985. The average Bonchev–Trinajstić information content (AvgIpc) is 2.38. The summed E-state index contributed by atoms with van der Waals surface area (Å²) >= 11 is 0. The lowest BCUT2D eigenvalue weighted by Gasteiger charge is -2.23. The van der Waals surface area contributed by atoms with Gasteiger partial charge in [0, 0.05) is 6.26 Å². The molecule has 1 N–H and O–H groups in total. The number of rotatable bonds is 4. The Labute approximate surface area is 115 Å². The van der Waals surface area contributed by atoms with Crippen LogP contribution >= 0.6 is 0 Å². The van der Waals surface area contributed by atoms with Crippen molar-refractivity contribution < 1.29 is 13.2 Å². The summed E-state index contributed by atoms with van der Waals surface area (Å²) in [6.45, 7) is 2.07. The van der Waals surface area contributed by atoms with Crippen LogP contribution in [0.25, 0.3) is 0 Å². The molecular weight excluding hydrogens is 262 g/mol. The van der Waals surface area contributed by atoms with E-state index in [-0.39, 0.29) is 4.90 Å². The van der Waals surface area contributed by atoms with E-state index in [1.165, 1.54) is 26.2 Å². The summed E-state index contributed by atoms with van der Waals surface area (Å²) in [6, 6.07) is 5.36. The van der Waals surface area contributed by atoms with E-state index in [0.717, 1.165) is 25.1 Å². The molecule has 0 spiro atoms. The van der Waals surface area contributed by atoms with Gasteiger partial charge in [-0.1, -0.05) is 12.1 Å². The summed E-state index contributed by atoms with van der Waals surface area (Å²) in [5.74, 6) is 1.06. The highest BCUT2D eigenvalue weighted by Crippen LogP contribution is 2.30. The molecule has 1 aliphatic rings. The maximum atomic E-state index is 11.8. The zero-order valence-corrected chi connectivity index (χ0v) is 12.3. The van der Waals surface area contributed by atoms with Gasteiger partial charge in [0.1, 0.15) is 10.6 Å². The first-order chi connectivity index (χ1) is 9.02. The van der Waals surface area contributed by atoms with Gasteiger partial charge < -0.3 is 10.1 Å². The van der Waals surface area contributed by atoms with Crippen LogP contribution < -0.4 is 10.1 Å². The number of methoxy groups -OCH3 is 1. The molecule has 0 radical (unpaired) electrons. The summed E-state index contributed by atoms with van der Waals surface area (Å²) < 4.78 is 28.9. The van der Waals surface area contributed by atoms with Crippen molar-refractivity contribution in [1.29, 1.82) is 0 Å². The summed E-state index contributed by atoms with van der Waals surface area (Å²) in [7, 11) is -1.72. The largest absolute Gasteiger partial charge is 0.495 e. The summed E-state index contributed by atoms with van der Waals surface area (Å²) in [5, 5.41) is 3.38. The highest BCUT2D eigenvalue weighted by atomic mass is 32.2. The molecule has 1 aliphatic heterocycles. The molecule has 1 fully saturated rings. The standard InChI is InChI=1S/C14H21NO3S/c1-18-14-12(9-11-5-4-8-15-10-11)6-3-7-13(14)19(2,16)17/h3,6-7,11,15H,4-5,8-10H2,1-2H3. The van der Waals surface area contributed by atoms with Crippen molar-refractivity contribution in [1.82, 2.24) is 5.32 Å². The van der Waals surface area contributed by atoms with Gasteiger partial charge in [-0.15, -0.1) is 0 Å². The van der Waals surface area contributed by atoms with E-state index in [4.69, 9.17) is 4.74 Å². The minimum Gasteiger partial charge on any atom is -0.495 e. The molecule has 19 heavy (non-hydrogen) atoms. The Bertz CT molecular complexity index is 534.